The molecule has 0 bridgehead atoms. The van der Waals surface area contributed by atoms with Crippen molar-refractivity contribution in [2.45, 2.75) is 50.1 Å². The van der Waals surface area contributed by atoms with Crippen molar-refractivity contribution in [2.75, 3.05) is 38.3 Å². The number of sulfone groups is 1. The summed E-state index contributed by atoms with van der Waals surface area (Å²) < 4.78 is 30.6. The van der Waals surface area contributed by atoms with Gasteiger partial charge >= 0.3 is 0 Å². The second kappa shape index (κ2) is 15.6. The molecule has 7 rings (SSSR count). The van der Waals surface area contributed by atoms with E-state index in [1.165, 1.54) is 6.26 Å². The lowest BCUT2D eigenvalue weighted by Gasteiger charge is -2.30. The van der Waals surface area contributed by atoms with E-state index < -0.39 is 9.84 Å². The third-order valence-corrected chi connectivity index (χ3v) is 13.1. The number of nitrogens with one attached hydrogen (secondary N) is 3. The van der Waals surface area contributed by atoms with Crippen molar-refractivity contribution in [1.29, 1.82) is 0 Å². The van der Waals surface area contributed by atoms with E-state index in [-0.39, 0.29) is 17.2 Å². The van der Waals surface area contributed by atoms with Crippen molar-refractivity contribution < 1.29 is 17.9 Å². The van der Waals surface area contributed by atoms with Gasteiger partial charge in [0, 0.05) is 60.3 Å². The van der Waals surface area contributed by atoms with Gasteiger partial charge in [0.1, 0.15) is 20.4 Å². The number of fused-ring (bicyclic) bond motifs is 1. The van der Waals surface area contributed by atoms with Gasteiger partial charge in [0.05, 0.1) is 45.0 Å². The first kappa shape index (κ1) is 36.5. The minimum atomic E-state index is -3.02. The summed E-state index contributed by atoms with van der Waals surface area (Å²) in [4.78, 5) is 28.1. The van der Waals surface area contributed by atoms with E-state index in [0.29, 0.717) is 72.0 Å². The van der Waals surface area contributed by atoms with Gasteiger partial charge in [-0.1, -0.05) is 59.6 Å². The van der Waals surface area contributed by atoms with E-state index in [0.717, 1.165) is 57.0 Å². The maximum absolute atomic E-state index is 12.0. The van der Waals surface area contributed by atoms with Crippen LogP contribution in [0.1, 0.15) is 36.3 Å². The number of anilines is 2. The van der Waals surface area contributed by atoms with Crippen LogP contribution in [0.5, 0.6) is 5.88 Å². The maximum Gasteiger partial charge on any atom is 0.220 e. The molecule has 0 aliphatic carbocycles. The van der Waals surface area contributed by atoms with Crippen molar-refractivity contribution >= 4 is 72.0 Å². The van der Waals surface area contributed by atoms with Crippen molar-refractivity contribution in [1.82, 2.24) is 30.5 Å². The molecule has 3 N–H and O–H groups in total. The summed E-state index contributed by atoms with van der Waals surface area (Å²) in [6.07, 6.45) is 5.75. The highest BCUT2D eigenvalue weighted by Gasteiger charge is 2.27. The fraction of sp³-hybridized carbons (Fsp3) is 0.351. The normalized spacial score (nSPS) is 17.1. The predicted octanol–water partition coefficient (Wildman–Crippen LogP) is 6.86. The molecule has 52 heavy (non-hydrogen) atoms. The molecule has 3 aromatic heterocycles. The van der Waals surface area contributed by atoms with Gasteiger partial charge in [0.2, 0.25) is 11.8 Å². The van der Waals surface area contributed by atoms with Gasteiger partial charge in [-0.25, -0.2) is 23.4 Å². The quantitative estimate of drug-likeness (QED) is 0.123. The van der Waals surface area contributed by atoms with Gasteiger partial charge in [0.15, 0.2) is 5.82 Å². The van der Waals surface area contributed by atoms with E-state index in [9.17, 15) is 13.2 Å². The lowest BCUT2D eigenvalue weighted by atomic mass is 10.00. The minimum absolute atomic E-state index is 0.0947. The second-order valence-corrected chi connectivity index (χ2v) is 17.4. The van der Waals surface area contributed by atoms with Gasteiger partial charge in [-0.05, 0) is 50.6 Å². The topological polar surface area (TPSA) is 138 Å². The zero-order valence-corrected chi connectivity index (χ0v) is 31.9. The number of nitrogens with zero attached hydrogens (tertiary/aromatic N) is 4. The molecule has 0 unspecified atom stereocenters. The van der Waals surface area contributed by atoms with E-state index in [4.69, 9.17) is 37.9 Å². The summed E-state index contributed by atoms with van der Waals surface area (Å²) in [5.41, 5.74) is 5.20. The SMILES string of the molecule is COc1nc(-c2cccc(-c3cccc(Nc4nccc5sc(CN6CCC(S(C)(=O)=O)CC6)nc45)c3Cl)c2Cl)ccc1CNC[C@@H]1CCC(=O)N1. The van der Waals surface area contributed by atoms with Crippen LogP contribution in [0.25, 0.3) is 32.6 Å². The number of rotatable bonds is 12. The molecule has 2 fully saturated rings. The fourth-order valence-corrected chi connectivity index (χ4v) is 9.46. The van der Waals surface area contributed by atoms with Gasteiger partial charge < -0.3 is 20.7 Å². The Bertz CT molecular complexity index is 2230. The second-order valence-electron chi connectivity index (χ2n) is 13.2. The van der Waals surface area contributed by atoms with Crippen LogP contribution in [0.15, 0.2) is 60.8 Å². The number of hydrogen-bond donors (Lipinski definition) is 3. The van der Waals surface area contributed by atoms with Gasteiger partial charge in [-0.15, -0.1) is 11.3 Å². The molecular weight excluding hydrogens is 741 g/mol. The predicted molar refractivity (Wildman–Crippen MR) is 208 cm³/mol. The number of likely N-dealkylation sites (tertiary alicyclic amines) is 1. The first-order valence-corrected chi connectivity index (χ1v) is 20.6. The average Bonchev–Trinajstić information content (AvgIpc) is 3.75. The maximum atomic E-state index is 12.0. The number of halogens is 2. The van der Waals surface area contributed by atoms with Crippen LogP contribution in [-0.2, 0) is 27.7 Å². The van der Waals surface area contributed by atoms with Crippen LogP contribution < -0.4 is 20.7 Å². The van der Waals surface area contributed by atoms with Crippen LogP contribution >= 0.6 is 34.5 Å². The summed E-state index contributed by atoms with van der Waals surface area (Å²) in [5, 5.41) is 11.4. The molecule has 2 aromatic carbocycles. The first-order chi connectivity index (χ1) is 25.1. The molecule has 1 amide bonds. The molecule has 0 saturated carbocycles. The Morgan fingerprint density at radius 1 is 0.981 bits per heavy atom. The summed E-state index contributed by atoms with van der Waals surface area (Å²) in [5.74, 6) is 1.18. The Labute approximate surface area is 317 Å². The Morgan fingerprint density at radius 3 is 2.46 bits per heavy atom. The molecule has 5 aromatic rings. The minimum Gasteiger partial charge on any atom is -0.481 e. The summed E-state index contributed by atoms with van der Waals surface area (Å²) in [6.45, 7) is 3.31. The molecule has 272 valence electrons. The Kier molecular flexibility index (Phi) is 11.0. The van der Waals surface area contributed by atoms with Gasteiger partial charge in [-0.2, -0.15) is 0 Å². The number of aromatic nitrogens is 3. The first-order valence-electron chi connectivity index (χ1n) is 17.1. The van der Waals surface area contributed by atoms with Crippen molar-refractivity contribution in [3.63, 3.8) is 0 Å². The van der Waals surface area contributed by atoms with Crippen LogP contribution in [0.2, 0.25) is 10.0 Å². The molecular formula is C37H39Cl2N7O4S2. The standard InChI is InChI=1S/C37H39Cl2N7O4S2/c1-50-37-22(19-40-20-23-10-12-31(47)42-23)9-11-28(44-37)27-7-3-5-25(33(27)38)26-6-4-8-29(34(26)39)43-36-35-30(13-16-41-36)51-32(45-35)21-46-17-14-24(15-18-46)52(2,48)49/h3-9,11,13,16,23-24,40H,10,12,14-15,17-21H2,1-2H3,(H,41,43)(H,42,47)/t23-/m0/s1. The smallest absolute Gasteiger partial charge is 0.220 e. The van der Waals surface area contributed by atoms with Gasteiger partial charge in [0.25, 0.3) is 0 Å². The van der Waals surface area contributed by atoms with Crippen LogP contribution in [0, 0.1) is 0 Å². The number of pyridine rings is 2. The number of amides is 1. The Morgan fingerprint density at radius 2 is 1.73 bits per heavy atom. The molecule has 2 saturated heterocycles. The molecule has 0 radical (unpaired) electrons. The van der Waals surface area contributed by atoms with Crippen LogP contribution in [0.4, 0.5) is 11.5 Å². The molecule has 1 atom stereocenters. The van der Waals surface area contributed by atoms with E-state index in [1.807, 2.05) is 54.6 Å². The Balaban J connectivity index is 1.08. The summed E-state index contributed by atoms with van der Waals surface area (Å²) in [6, 6.07) is 17.5. The lowest BCUT2D eigenvalue weighted by Crippen LogP contribution is -2.38. The summed E-state index contributed by atoms with van der Waals surface area (Å²) in [7, 11) is -1.43. The van der Waals surface area contributed by atoms with E-state index in [1.54, 1.807) is 24.6 Å². The number of carbonyl (C=O) groups excluding carboxylic acids is 1. The Hall–Kier alpha value is -3.85. The van der Waals surface area contributed by atoms with Crippen molar-refractivity contribution in [3.8, 4) is 28.3 Å². The number of benzene rings is 2. The highest BCUT2D eigenvalue weighted by Crippen LogP contribution is 2.42. The van der Waals surface area contributed by atoms with E-state index >= 15 is 0 Å². The molecule has 2 aliphatic heterocycles. The third kappa shape index (κ3) is 8.04. The zero-order chi connectivity index (χ0) is 36.4. The molecule has 5 heterocycles. The van der Waals surface area contributed by atoms with Crippen LogP contribution in [-0.4, -0.2) is 78.5 Å². The zero-order valence-electron chi connectivity index (χ0n) is 28.8. The average molecular weight is 781 g/mol. The molecule has 15 heteroatoms. The summed E-state index contributed by atoms with van der Waals surface area (Å²) >= 11 is 15.8. The number of thiazole rings is 1. The molecule has 0 spiro atoms. The third-order valence-electron chi connectivity index (χ3n) is 9.59. The van der Waals surface area contributed by atoms with Crippen LogP contribution in [0.3, 0.4) is 0 Å². The highest BCUT2D eigenvalue weighted by molar-refractivity contribution is 7.91. The highest BCUT2D eigenvalue weighted by atomic mass is 35.5. The monoisotopic (exact) mass is 779 g/mol. The number of piperidine rings is 1. The van der Waals surface area contributed by atoms with E-state index in [2.05, 4.69) is 25.8 Å². The number of methoxy groups -OCH3 is 1. The molecule has 2 aliphatic rings. The van der Waals surface area contributed by atoms with Crippen molar-refractivity contribution in [2.24, 2.45) is 0 Å². The van der Waals surface area contributed by atoms with Gasteiger partial charge in [-0.3, -0.25) is 9.69 Å². The lowest BCUT2D eigenvalue weighted by molar-refractivity contribution is -0.119. The number of ether oxygens (including phenoxy) is 1. The fourth-order valence-electron chi connectivity index (χ4n) is 6.79. The largest absolute Gasteiger partial charge is 0.481 e. The number of carbonyl (C=O) groups is 1. The molecule has 11 nitrogen and oxygen atoms in total. The number of hydrogen-bond acceptors (Lipinski definition) is 11. The van der Waals surface area contributed by atoms with Crippen molar-refractivity contribution in [3.05, 3.63) is 81.4 Å².